The molecule has 3 rings (SSSR count). The van der Waals surface area contributed by atoms with Crippen molar-refractivity contribution in [3.8, 4) is 10.6 Å². The monoisotopic (exact) mass is 372 g/mol. The minimum Gasteiger partial charge on any atom is -0.396 e. The van der Waals surface area contributed by atoms with Crippen molar-refractivity contribution in [2.45, 2.75) is 12.7 Å². The smallest absolute Gasteiger partial charge is 0.396 e. The maximum Gasteiger partial charge on any atom is 0.416 e. The summed E-state index contributed by atoms with van der Waals surface area (Å²) in [5.74, 6) is 0.0931. The molecule has 2 aromatic rings. The van der Waals surface area contributed by atoms with Gasteiger partial charge in [0.25, 0.3) is 0 Å². The van der Waals surface area contributed by atoms with Crippen LogP contribution in [0.25, 0.3) is 10.6 Å². The van der Waals surface area contributed by atoms with Crippen LogP contribution in [0.15, 0.2) is 29.6 Å². The highest BCUT2D eigenvalue weighted by Crippen LogP contribution is 2.31. The molecule has 0 amide bonds. The minimum absolute atomic E-state index is 0.0877. The van der Waals surface area contributed by atoms with Gasteiger partial charge in [0.2, 0.25) is 0 Å². The molecule has 136 valence electrons. The third kappa shape index (κ3) is 4.78. The summed E-state index contributed by atoms with van der Waals surface area (Å²) < 4.78 is 43.4. The molecule has 8 heteroatoms. The van der Waals surface area contributed by atoms with Gasteiger partial charge in [-0.15, -0.1) is 11.3 Å². The quantitative estimate of drug-likeness (QED) is 0.895. The highest BCUT2D eigenvalue weighted by Gasteiger charge is 2.30. The molecule has 0 saturated carbocycles. The summed E-state index contributed by atoms with van der Waals surface area (Å²) in [5.41, 5.74) is 0.891. The lowest BCUT2D eigenvalue weighted by Gasteiger charge is -2.21. The van der Waals surface area contributed by atoms with Crippen molar-refractivity contribution in [2.75, 3.05) is 32.9 Å². The van der Waals surface area contributed by atoms with Crippen LogP contribution in [0.2, 0.25) is 0 Å². The molecule has 1 saturated heterocycles. The standard InChI is InChI=1S/C17H19F3N2O2S/c18-17(19,20)14-3-1-13(2-4-14)16-21-15(11-25-16)8-22-5-6-24-10-12(7-22)9-23/h1-4,11-12,23H,5-10H2. The molecule has 1 fully saturated rings. The molecule has 1 aromatic carbocycles. The fourth-order valence-electron chi connectivity index (χ4n) is 2.75. The molecule has 25 heavy (non-hydrogen) atoms. The fraction of sp³-hybridized carbons (Fsp3) is 0.471. The number of ether oxygens (including phenoxy) is 1. The first-order valence-electron chi connectivity index (χ1n) is 7.98. The van der Waals surface area contributed by atoms with Gasteiger partial charge >= 0.3 is 6.18 Å². The van der Waals surface area contributed by atoms with Crippen molar-refractivity contribution in [1.82, 2.24) is 9.88 Å². The maximum absolute atomic E-state index is 12.6. The molecular weight excluding hydrogens is 353 g/mol. The number of aliphatic hydroxyl groups excluding tert-OH is 1. The molecule has 0 radical (unpaired) electrons. The van der Waals surface area contributed by atoms with Crippen molar-refractivity contribution in [2.24, 2.45) is 5.92 Å². The van der Waals surface area contributed by atoms with Crippen LogP contribution in [0.4, 0.5) is 13.2 Å². The normalized spacial score (nSPS) is 19.8. The number of rotatable bonds is 4. The van der Waals surface area contributed by atoms with Crippen LogP contribution in [0.5, 0.6) is 0 Å². The topological polar surface area (TPSA) is 45.6 Å². The average Bonchev–Trinajstić information content (AvgIpc) is 2.92. The van der Waals surface area contributed by atoms with Gasteiger partial charge in [-0.05, 0) is 12.1 Å². The molecule has 1 aromatic heterocycles. The lowest BCUT2D eigenvalue weighted by Crippen LogP contribution is -2.31. The average molecular weight is 372 g/mol. The van der Waals surface area contributed by atoms with Gasteiger partial charge in [0.15, 0.2) is 0 Å². The molecule has 0 spiro atoms. The first-order valence-corrected chi connectivity index (χ1v) is 8.86. The van der Waals surface area contributed by atoms with E-state index in [0.29, 0.717) is 30.3 Å². The van der Waals surface area contributed by atoms with Crippen molar-refractivity contribution in [1.29, 1.82) is 0 Å². The van der Waals surface area contributed by atoms with E-state index < -0.39 is 11.7 Å². The van der Waals surface area contributed by atoms with Crippen LogP contribution in [0, 0.1) is 5.92 Å². The van der Waals surface area contributed by atoms with E-state index in [1.54, 1.807) is 0 Å². The van der Waals surface area contributed by atoms with Gasteiger partial charge in [-0.3, -0.25) is 4.90 Å². The summed E-state index contributed by atoms with van der Waals surface area (Å²) >= 11 is 1.42. The lowest BCUT2D eigenvalue weighted by molar-refractivity contribution is -0.137. The van der Waals surface area contributed by atoms with Crippen LogP contribution in [0.3, 0.4) is 0 Å². The molecule has 0 aliphatic carbocycles. The van der Waals surface area contributed by atoms with Crippen molar-refractivity contribution >= 4 is 11.3 Å². The second kappa shape index (κ2) is 7.82. The molecule has 1 atom stereocenters. The van der Waals surface area contributed by atoms with E-state index in [4.69, 9.17) is 4.74 Å². The molecule has 0 bridgehead atoms. The number of aromatic nitrogens is 1. The van der Waals surface area contributed by atoms with Crippen molar-refractivity contribution in [3.63, 3.8) is 0 Å². The fourth-order valence-corrected chi connectivity index (χ4v) is 3.57. The second-order valence-electron chi connectivity index (χ2n) is 6.08. The summed E-state index contributed by atoms with van der Waals surface area (Å²) in [7, 11) is 0. The molecule has 1 unspecified atom stereocenters. The number of halogens is 3. The SMILES string of the molecule is OCC1COCCN(Cc2csc(-c3ccc(C(F)(F)F)cc3)n2)C1. The minimum atomic E-state index is -4.33. The molecule has 1 aliphatic rings. The van der Waals surface area contributed by atoms with Gasteiger partial charge in [0.05, 0.1) is 24.5 Å². The van der Waals surface area contributed by atoms with Crippen LogP contribution >= 0.6 is 11.3 Å². The van der Waals surface area contributed by atoms with E-state index in [-0.39, 0.29) is 12.5 Å². The highest BCUT2D eigenvalue weighted by atomic mass is 32.1. The van der Waals surface area contributed by atoms with Gasteiger partial charge in [-0.25, -0.2) is 4.98 Å². The van der Waals surface area contributed by atoms with Crippen LogP contribution < -0.4 is 0 Å². The highest BCUT2D eigenvalue weighted by molar-refractivity contribution is 7.13. The predicted molar refractivity (Wildman–Crippen MR) is 89.2 cm³/mol. The van der Waals surface area contributed by atoms with E-state index in [2.05, 4.69) is 9.88 Å². The zero-order valence-electron chi connectivity index (χ0n) is 13.5. The number of aliphatic hydroxyl groups is 1. The van der Waals surface area contributed by atoms with Gasteiger partial charge in [-0.1, -0.05) is 12.1 Å². The number of thiazole rings is 1. The van der Waals surface area contributed by atoms with Crippen LogP contribution in [-0.2, 0) is 17.5 Å². The van der Waals surface area contributed by atoms with Gasteiger partial charge < -0.3 is 9.84 Å². The Labute approximate surface area is 147 Å². The van der Waals surface area contributed by atoms with Crippen molar-refractivity contribution < 1.29 is 23.0 Å². The maximum atomic E-state index is 12.6. The predicted octanol–water partition coefficient (Wildman–Crippen LogP) is 3.27. The zero-order valence-corrected chi connectivity index (χ0v) is 14.3. The molecule has 1 N–H and O–H groups in total. The third-order valence-corrected chi connectivity index (χ3v) is 5.02. The van der Waals surface area contributed by atoms with Gasteiger partial charge in [0.1, 0.15) is 5.01 Å². The molecule has 1 aliphatic heterocycles. The number of hydrogen-bond acceptors (Lipinski definition) is 5. The molecular formula is C17H19F3N2O2S. The zero-order chi connectivity index (χ0) is 17.9. The Kier molecular flexibility index (Phi) is 5.73. The summed E-state index contributed by atoms with van der Waals surface area (Å²) in [4.78, 5) is 6.72. The van der Waals surface area contributed by atoms with E-state index in [1.807, 2.05) is 5.38 Å². The Morgan fingerprint density at radius 1 is 1.28 bits per heavy atom. The molecule has 4 nitrogen and oxygen atoms in total. The Morgan fingerprint density at radius 3 is 2.72 bits per heavy atom. The van der Waals surface area contributed by atoms with E-state index in [1.165, 1.54) is 23.5 Å². The summed E-state index contributed by atoms with van der Waals surface area (Å²) in [6.07, 6.45) is -4.33. The Bertz CT molecular complexity index is 688. The number of nitrogens with zero attached hydrogens (tertiary/aromatic N) is 2. The number of benzene rings is 1. The Morgan fingerprint density at radius 2 is 2.04 bits per heavy atom. The van der Waals surface area contributed by atoms with E-state index in [0.717, 1.165) is 30.9 Å². The second-order valence-corrected chi connectivity index (χ2v) is 6.94. The first kappa shape index (κ1) is 18.3. The lowest BCUT2D eigenvalue weighted by atomic mass is 10.1. The van der Waals surface area contributed by atoms with E-state index >= 15 is 0 Å². The third-order valence-electron chi connectivity index (χ3n) is 4.08. The largest absolute Gasteiger partial charge is 0.416 e. The summed E-state index contributed by atoms with van der Waals surface area (Å²) in [6, 6.07) is 5.06. The Balaban J connectivity index is 1.67. The van der Waals surface area contributed by atoms with Crippen LogP contribution in [-0.4, -0.2) is 47.9 Å². The first-order chi connectivity index (χ1) is 12.0. The molecule has 2 heterocycles. The van der Waals surface area contributed by atoms with Gasteiger partial charge in [0, 0.05) is 43.1 Å². The van der Waals surface area contributed by atoms with E-state index in [9.17, 15) is 18.3 Å². The van der Waals surface area contributed by atoms with Crippen molar-refractivity contribution in [3.05, 3.63) is 40.9 Å². The summed E-state index contributed by atoms with van der Waals surface area (Å²) in [5, 5.41) is 12.0. The van der Waals surface area contributed by atoms with Gasteiger partial charge in [-0.2, -0.15) is 13.2 Å². The Hall–Kier alpha value is -1.48. The van der Waals surface area contributed by atoms with Crippen LogP contribution in [0.1, 0.15) is 11.3 Å². The number of alkyl halides is 3. The summed E-state index contributed by atoms with van der Waals surface area (Å²) in [6.45, 7) is 3.40. The number of hydrogen-bond donors (Lipinski definition) is 1.